The second-order valence-corrected chi connectivity index (χ2v) is 7.50. The summed E-state index contributed by atoms with van der Waals surface area (Å²) in [5.74, 6) is 0.0959. The number of nitrogens with one attached hydrogen (secondary N) is 1. The van der Waals surface area contributed by atoms with E-state index in [2.05, 4.69) is 33.2 Å². The summed E-state index contributed by atoms with van der Waals surface area (Å²) in [6, 6.07) is 12.0. The SMILES string of the molecule is CC1CN(C(=O)c2ccccc2Sc2ccc(Br)cn2)CCN1. The summed E-state index contributed by atoms with van der Waals surface area (Å²) < 4.78 is 0.945. The number of hydrogen-bond donors (Lipinski definition) is 1. The van der Waals surface area contributed by atoms with Crippen molar-refractivity contribution in [3.05, 3.63) is 52.6 Å². The third kappa shape index (κ3) is 4.13. The van der Waals surface area contributed by atoms with Gasteiger partial charge in [-0.25, -0.2) is 4.98 Å². The Morgan fingerprint density at radius 3 is 2.91 bits per heavy atom. The lowest BCUT2D eigenvalue weighted by Crippen LogP contribution is -2.51. The van der Waals surface area contributed by atoms with Gasteiger partial charge < -0.3 is 10.2 Å². The van der Waals surface area contributed by atoms with Gasteiger partial charge in [-0.3, -0.25) is 4.79 Å². The molecule has 0 aliphatic carbocycles. The molecule has 1 fully saturated rings. The van der Waals surface area contributed by atoms with E-state index in [1.54, 1.807) is 6.20 Å². The Balaban J connectivity index is 1.82. The molecule has 1 amide bonds. The molecule has 1 aliphatic rings. The molecular formula is C17H18BrN3OS. The van der Waals surface area contributed by atoms with Crippen LogP contribution in [0.1, 0.15) is 17.3 Å². The van der Waals surface area contributed by atoms with Crippen LogP contribution < -0.4 is 5.32 Å². The molecule has 4 nitrogen and oxygen atoms in total. The van der Waals surface area contributed by atoms with E-state index in [4.69, 9.17) is 0 Å². The fourth-order valence-corrected chi connectivity index (χ4v) is 3.67. The molecular weight excluding hydrogens is 374 g/mol. The van der Waals surface area contributed by atoms with Crippen LogP contribution in [0.3, 0.4) is 0 Å². The smallest absolute Gasteiger partial charge is 0.255 e. The van der Waals surface area contributed by atoms with Crippen LogP contribution in [0.15, 0.2) is 57.0 Å². The maximum Gasteiger partial charge on any atom is 0.255 e. The molecule has 1 aliphatic heterocycles. The summed E-state index contributed by atoms with van der Waals surface area (Å²) in [6.07, 6.45) is 1.77. The summed E-state index contributed by atoms with van der Waals surface area (Å²) in [5.41, 5.74) is 0.747. The van der Waals surface area contributed by atoms with Gasteiger partial charge in [-0.2, -0.15) is 0 Å². The zero-order valence-corrected chi connectivity index (χ0v) is 15.2. The Hall–Kier alpha value is -1.37. The van der Waals surface area contributed by atoms with Crippen LogP contribution in [0.2, 0.25) is 0 Å². The van der Waals surface area contributed by atoms with Gasteiger partial charge in [0.15, 0.2) is 0 Å². The molecule has 6 heteroatoms. The van der Waals surface area contributed by atoms with Gasteiger partial charge in [0, 0.05) is 41.2 Å². The maximum absolute atomic E-state index is 12.9. The highest BCUT2D eigenvalue weighted by Crippen LogP contribution is 2.30. The number of piperazine rings is 1. The number of hydrogen-bond acceptors (Lipinski definition) is 4. The minimum Gasteiger partial charge on any atom is -0.336 e. The van der Waals surface area contributed by atoms with E-state index in [0.29, 0.717) is 6.04 Å². The van der Waals surface area contributed by atoms with Gasteiger partial charge >= 0.3 is 0 Å². The molecule has 0 bridgehead atoms. The van der Waals surface area contributed by atoms with E-state index in [9.17, 15) is 4.79 Å². The minimum absolute atomic E-state index is 0.0959. The Kier molecular flexibility index (Phi) is 5.35. The van der Waals surface area contributed by atoms with Crippen molar-refractivity contribution in [2.24, 2.45) is 0 Å². The highest BCUT2D eigenvalue weighted by atomic mass is 79.9. The van der Waals surface area contributed by atoms with Gasteiger partial charge in [0.1, 0.15) is 5.03 Å². The molecule has 0 spiro atoms. The number of carbonyl (C=O) groups is 1. The Morgan fingerprint density at radius 2 is 2.17 bits per heavy atom. The van der Waals surface area contributed by atoms with Gasteiger partial charge in [0.25, 0.3) is 5.91 Å². The molecule has 1 N–H and O–H groups in total. The van der Waals surface area contributed by atoms with Crippen molar-refractivity contribution in [2.45, 2.75) is 22.9 Å². The fourth-order valence-electron chi connectivity index (χ4n) is 2.55. The number of rotatable bonds is 3. The lowest BCUT2D eigenvalue weighted by molar-refractivity contribution is 0.0705. The molecule has 120 valence electrons. The van der Waals surface area contributed by atoms with Crippen LogP contribution in [0.25, 0.3) is 0 Å². The second-order valence-electron chi connectivity index (χ2n) is 5.52. The van der Waals surface area contributed by atoms with E-state index in [1.807, 2.05) is 41.3 Å². The first kappa shape index (κ1) is 16.5. The van der Waals surface area contributed by atoms with Crippen LogP contribution in [-0.2, 0) is 0 Å². The zero-order chi connectivity index (χ0) is 16.2. The van der Waals surface area contributed by atoms with Gasteiger partial charge in [-0.1, -0.05) is 23.9 Å². The van der Waals surface area contributed by atoms with Crippen molar-refractivity contribution in [3.63, 3.8) is 0 Å². The third-order valence-electron chi connectivity index (χ3n) is 3.69. The van der Waals surface area contributed by atoms with Crippen molar-refractivity contribution in [3.8, 4) is 0 Å². The molecule has 2 aromatic rings. The Morgan fingerprint density at radius 1 is 1.35 bits per heavy atom. The van der Waals surface area contributed by atoms with Crippen LogP contribution in [0.5, 0.6) is 0 Å². The molecule has 23 heavy (non-hydrogen) atoms. The highest BCUT2D eigenvalue weighted by molar-refractivity contribution is 9.10. The number of carbonyl (C=O) groups excluding carboxylic acids is 1. The lowest BCUT2D eigenvalue weighted by Gasteiger charge is -2.32. The number of pyridine rings is 1. The fraction of sp³-hybridized carbons (Fsp3) is 0.294. The standard InChI is InChI=1S/C17H18BrN3OS/c1-12-11-21(9-8-19-12)17(22)14-4-2-3-5-15(14)23-16-7-6-13(18)10-20-16/h2-7,10,12,19H,8-9,11H2,1H3. The predicted molar refractivity (Wildman–Crippen MR) is 95.9 cm³/mol. The quantitative estimate of drug-likeness (QED) is 0.870. The zero-order valence-electron chi connectivity index (χ0n) is 12.8. The third-order valence-corrected chi connectivity index (χ3v) is 5.18. The first-order chi connectivity index (χ1) is 11.1. The van der Waals surface area contributed by atoms with Crippen LogP contribution in [0.4, 0.5) is 0 Å². The van der Waals surface area contributed by atoms with E-state index in [-0.39, 0.29) is 5.91 Å². The first-order valence-electron chi connectivity index (χ1n) is 7.54. The summed E-state index contributed by atoms with van der Waals surface area (Å²) in [6.45, 7) is 4.44. The Bertz CT molecular complexity index is 692. The van der Waals surface area contributed by atoms with Crippen LogP contribution in [0, 0.1) is 0 Å². The number of aromatic nitrogens is 1. The normalized spacial score (nSPS) is 18.0. The predicted octanol–water partition coefficient (Wildman–Crippen LogP) is 3.43. The molecule has 0 radical (unpaired) electrons. The van der Waals surface area contributed by atoms with E-state index in [0.717, 1.165) is 39.6 Å². The van der Waals surface area contributed by atoms with E-state index < -0.39 is 0 Å². The number of benzene rings is 1. The van der Waals surface area contributed by atoms with Crippen molar-refractivity contribution in [1.29, 1.82) is 0 Å². The van der Waals surface area contributed by atoms with Crippen molar-refractivity contribution in [2.75, 3.05) is 19.6 Å². The summed E-state index contributed by atoms with van der Waals surface area (Å²) in [4.78, 5) is 20.1. The number of halogens is 1. The highest BCUT2D eigenvalue weighted by Gasteiger charge is 2.23. The summed E-state index contributed by atoms with van der Waals surface area (Å²) in [7, 11) is 0. The van der Waals surface area contributed by atoms with Crippen molar-refractivity contribution < 1.29 is 4.79 Å². The van der Waals surface area contributed by atoms with Crippen LogP contribution in [-0.4, -0.2) is 41.5 Å². The number of nitrogens with zero attached hydrogens (tertiary/aromatic N) is 2. The van der Waals surface area contributed by atoms with Crippen LogP contribution >= 0.6 is 27.7 Å². The molecule has 1 atom stereocenters. The van der Waals surface area contributed by atoms with Gasteiger partial charge in [0.05, 0.1) is 5.56 Å². The lowest BCUT2D eigenvalue weighted by atomic mass is 10.1. The number of amides is 1. The van der Waals surface area contributed by atoms with Gasteiger partial charge in [-0.15, -0.1) is 0 Å². The summed E-state index contributed by atoms with van der Waals surface area (Å²) in [5, 5.41) is 4.24. The molecule has 2 heterocycles. The molecule has 1 aromatic carbocycles. The average molecular weight is 392 g/mol. The topological polar surface area (TPSA) is 45.2 Å². The Labute approximate surface area is 148 Å². The molecule has 3 rings (SSSR count). The average Bonchev–Trinajstić information content (AvgIpc) is 2.57. The van der Waals surface area contributed by atoms with Crippen molar-refractivity contribution >= 4 is 33.6 Å². The second kappa shape index (κ2) is 7.47. The van der Waals surface area contributed by atoms with Crippen molar-refractivity contribution in [1.82, 2.24) is 15.2 Å². The van der Waals surface area contributed by atoms with Gasteiger partial charge in [-0.05, 0) is 47.1 Å². The van der Waals surface area contributed by atoms with Gasteiger partial charge in [0.2, 0.25) is 0 Å². The molecule has 0 saturated carbocycles. The first-order valence-corrected chi connectivity index (χ1v) is 9.15. The maximum atomic E-state index is 12.9. The van der Waals surface area contributed by atoms with E-state index in [1.165, 1.54) is 11.8 Å². The molecule has 1 saturated heterocycles. The molecule has 1 aromatic heterocycles. The monoisotopic (exact) mass is 391 g/mol. The summed E-state index contributed by atoms with van der Waals surface area (Å²) >= 11 is 4.91. The minimum atomic E-state index is 0.0959. The molecule has 1 unspecified atom stereocenters. The largest absolute Gasteiger partial charge is 0.336 e. The van der Waals surface area contributed by atoms with E-state index >= 15 is 0 Å².